The lowest BCUT2D eigenvalue weighted by atomic mass is 9.94. The van der Waals surface area contributed by atoms with Crippen molar-refractivity contribution in [1.29, 1.82) is 0 Å². The van der Waals surface area contributed by atoms with Crippen LogP contribution in [0.2, 0.25) is 0 Å². The van der Waals surface area contributed by atoms with Crippen LogP contribution in [0.3, 0.4) is 0 Å². The van der Waals surface area contributed by atoms with E-state index in [0.717, 1.165) is 44.9 Å². The third-order valence-corrected chi connectivity index (χ3v) is 5.16. The van der Waals surface area contributed by atoms with Gasteiger partial charge in [0.1, 0.15) is 0 Å². The predicted molar refractivity (Wildman–Crippen MR) is 108 cm³/mol. The first-order valence-electron chi connectivity index (χ1n) is 9.91. The molecule has 0 unspecified atom stereocenters. The summed E-state index contributed by atoms with van der Waals surface area (Å²) in [5.74, 6) is -2.67. The Morgan fingerprint density at radius 2 is 1.93 bits per heavy atom. The van der Waals surface area contributed by atoms with Gasteiger partial charge in [-0.3, -0.25) is 9.80 Å². The van der Waals surface area contributed by atoms with Gasteiger partial charge in [-0.15, -0.1) is 6.58 Å². The molecule has 1 fully saturated rings. The average molecular weight is 420 g/mol. The van der Waals surface area contributed by atoms with Crippen LogP contribution in [0.5, 0.6) is 0 Å². The molecule has 0 bridgehead atoms. The number of hydrogen-bond donors (Lipinski definition) is 2. The number of nitrogens with zero attached hydrogens (tertiary/aromatic N) is 2. The van der Waals surface area contributed by atoms with E-state index < -0.39 is 29.7 Å². The number of carbonyl (C=O) groups is 2. The molecule has 0 aliphatic carbocycles. The van der Waals surface area contributed by atoms with Crippen LogP contribution in [0.15, 0.2) is 42.1 Å². The minimum absolute atomic E-state index is 0.147. The molecule has 0 aromatic heterocycles. The monoisotopic (exact) mass is 420 g/mol. The molecule has 1 aromatic rings. The first kappa shape index (κ1) is 21.9. The van der Waals surface area contributed by atoms with Crippen molar-refractivity contribution >= 4 is 12.0 Å². The van der Waals surface area contributed by atoms with Crippen LogP contribution < -0.4 is 10.6 Å². The average Bonchev–Trinajstić information content (AvgIpc) is 2.71. The Bertz CT molecular complexity index is 851. The maximum atomic E-state index is 13.8. The van der Waals surface area contributed by atoms with Gasteiger partial charge in [-0.05, 0) is 24.6 Å². The second-order valence-electron chi connectivity index (χ2n) is 7.18. The van der Waals surface area contributed by atoms with E-state index in [2.05, 4.69) is 27.0 Å². The molecule has 2 heterocycles. The minimum atomic E-state index is -1.05. The molecular weight excluding hydrogens is 394 g/mol. The minimum Gasteiger partial charge on any atom is -0.463 e. The van der Waals surface area contributed by atoms with Crippen LogP contribution in [0.4, 0.5) is 13.6 Å². The molecule has 1 saturated heterocycles. The molecular formula is C21H26F2N4O3. The third-order valence-electron chi connectivity index (χ3n) is 5.16. The van der Waals surface area contributed by atoms with Crippen molar-refractivity contribution in [3.63, 3.8) is 0 Å². The molecule has 9 heteroatoms. The summed E-state index contributed by atoms with van der Waals surface area (Å²) < 4.78 is 32.4. The predicted octanol–water partition coefficient (Wildman–Crippen LogP) is 1.94. The van der Waals surface area contributed by atoms with Gasteiger partial charge in [-0.2, -0.15) is 0 Å². The number of piperazine rings is 1. The lowest BCUT2D eigenvalue weighted by Crippen LogP contribution is -2.51. The van der Waals surface area contributed by atoms with E-state index in [9.17, 15) is 18.4 Å². The van der Waals surface area contributed by atoms with E-state index >= 15 is 0 Å². The number of carbonyl (C=O) groups excluding carboxylic acids is 2. The summed E-state index contributed by atoms with van der Waals surface area (Å²) in [5.41, 5.74) is 0.861. The molecule has 7 nitrogen and oxygen atoms in total. The zero-order valence-corrected chi connectivity index (χ0v) is 16.9. The smallest absolute Gasteiger partial charge is 0.338 e. The Morgan fingerprint density at radius 1 is 1.23 bits per heavy atom. The first-order chi connectivity index (χ1) is 14.4. The van der Waals surface area contributed by atoms with E-state index in [1.165, 1.54) is 6.07 Å². The summed E-state index contributed by atoms with van der Waals surface area (Å²) in [6.07, 6.45) is 1.86. The molecule has 2 amide bonds. The SMILES string of the molecule is C=CCN1CCN(CC2=C(C(=O)OCC)[C@@H](c3ccc(F)c(F)c3)NC(=O)N2)CC1. The Balaban J connectivity index is 1.90. The van der Waals surface area contributed by atoms with E-state index in [1.807, 2.05) is 6.08 Å². The number of ether oxygens (including phenoxy) is 1. The van der Waals surface area contributed by atoms with Crippen LogP contribution in [-0.2, 0) is 9.53 Å². The highest BCUT2D eigenvalue weighted by atomic mass is 19.2. The van der Waals surface area contributed by atoms with Gasteiger partial charge in [-0.25, -0.2) is 18.4 Å². The highest BCUT2D eigenvalue weighted by Crippen LogP contribution is 2.29. The molecule has 1 aromatic carbocycles. The Kier molecular flexibility index (Phi) is 7.17. The summed E-state index contributed by atoms with van der Waals surface area (Å²) in [7, 11) is 0. The summed E-state index contributed by atoms with van der Waals surface area (Å²) >= 11 is 0. The molecule has 0 saturated carbocycles. The maximum Gasteiger partial charge on any atom is 0.338 e. The van der Waals surface area contributed by atoms with Crippen molar-refractivity contribution in [2.75, 3.05) is 45.9 Å². The molecule has 2 aliphatic heterocycles. The molecule has 3 rings (SSSR count). The Labute approximate surface area is 174 Å². The maximum absolute atomic E-state index is 13.8. The zero-order valence-electron chi connectivity index (χ0n) is 16.9. The topological polar surface area (TPSA) is 73.9 Å². The van der Waals surface area contributed by atoms with E-state index in [0.29, 0.717) is 12.2 Å². The van der Waals surface area contributed by atoms with Gasteiger partial charge in [0.25, 0.3) is 0 Å². The summed E-state index contributed by atoms with van der Waals surface area (Å²) in [6.45, 7) is 9.92. The number of amides is 2. The standard InChI is InChI=1S/C21H26F2N4O3/c1-3-7-26-8-10-27(11-9-26)13-17-18(20(28)30-4-2)19(25-21(29)24-17)14-5-6-15(22)16(23)12-14/h3,5-6,12,19H,1,4,7-11,13H2,2H3,(H2,24,25,29)/t19-/m1/s1. The van der Waals surface area contributed by atoms with Crippen molar-refractivity contribution in [1.82, 2.24) is 20.4 Å². The highest BCUT2D eigenvalue weighted by Gasteiger charge is 2.35. The van der Waals surface area contributed by atoms with Gasteiger partial charge >= 0.3 is 12.0 Å². The van der Waals surface area contributed by atoms with Gasteiger partial charge in [0.15, 0.2) is 11.6 Å². The summed E-state index contributed by atoms with van der Waals surface area (Å²) in [6, 6.07) is 1.85. The largest absolute Gasteiger partial charge is 0.463 e. The second-order valence-corrected chi connectivity index (χ2v) is 7.18. The number of rotatable bonds is 7. The van der Waals surface area contributed by atoms with Crippen molar-refractivity contribution in [2.45, 2.75) is 13.0 Å². The molecule has 0 spiro atoms. The van der Waals surface area contributed by atoms with Crippen LogP contribution in [0, 0.1) is 11.6 Å². The Hall–Kier alpha value is -2.78. The number of esters is 1. The lowest BCUT2D eigenvalue weighted by molar-refractivity contribution is -0.139. The van der Waals surface area contributed by atoms with Crippen LogP contribution >= 0.6 is 0 Å². The molecule has 2 aliphatic rings. The van der Waals surface area contributed by atoms with Crippen LogP contribution in [-0.4, -0.2) is 67.7 Å². The number of nitrogens with one attached hydrogen (secondary N) is 2. The Morgan fingerprint density at radius 3 is 2.57 bits per heavy atom. The van der Waals surface area contributed by atoms with Gasteiger partial charge in [-0.1, -0.05) is 12.1 Å². The van der Waals surface area contributed by atoms with E-state index in [4.69, 9.17) is 4.74 Å². The molecule has 0 radical (unpaired) electrons. The van der Waals surface area contributed by atoms with Gasteiger partial charge in [0, 0.05) is 45.0 Å². The molecule has 2 N–H and O–H groups in total. The lowest BCUT2D eigenvalue weighted by Gasteiger charge is -2.36. The number of hydrogen-bond acceptors (Lipinski definition) is 5. The first-order valence-corrected chi connectivity index (χ1v) is 9.91. The molecule has 30 heavy (non-hydrogen) atoms. The highest BCUT2D eigenvalue weighted by molar-refractivity contribution is 5.95. The summed E-state index contributed by atoms with van der Waals surface area (Å²) in [5, 5.41) is 5.33. The number of benzene rings is 1. The third kappa shape index (κ3) is 5.03. The van der Waals surface area contributed by atoms with Gasteiger partial charge < -0.3 is 15.4 Å². The van der Waals surface area contributed by atoms with Crippen molar-refractivity contribution in [3.05, 3.63) is 59.3 Å². The molecule has 162 valence electrons. The van der Waals surface area contributed by atoms with Crippen molar-refractivity contribution < 1.29 is 23.1 Å². The fourth-order valence-electron chi connectivity index (χ4n) is 3.67. The quantitative estimate of drug-likeness (QED) is 0.521. The fourth-order valence-corrected chi connectivity index (χ4v) is 3.67. The normalized spacial score (nSPS) is 20.5. The van der Waals surface area contributed by atoms with Gasteiger partial charge in [0.2, 0.25) is 0 Å². The van der Waals surface area contributed by atoms with Crippen molar-refractivity contribution in [2.24, 2.45) is 0 Å². The second kappa shape index (κ2) is 9.82. The van der Waals surface area contributed by atoms with Crippen molar-refractivity contribution in [3.8, 4) is 0 Å². The van der Waals surface area contributed by atoms with Crippen LogP contribution in [0.1, 0.15) is 18.5 Å². The number of urea groups is 1. The number of halogens is 2. The summed E-state index contributed by atoms with van der Waals surface area (Å²) in [4.78, 5) is 29.4. The van der Waals surface area contributed by atoms with Crippen LogP contribution in [0.25, 0.3) is 0 Å². The van der Waals surface area contributed by atoms with E-state index in [1.54, 1.807) is 6.92 Å². The molecule has 1 atom stereocenters. The fraction of sp³-hybridized carbons (Fsp3) is 0.429. The zero-order chi connectivity index (χ0) is 21.7. The van der Waals surface area contributed by atoms with Gasteiger partial charge in [0.05, 0.1) is 18.2 Å². The van der Waals surface area contributed by atoms with E-state index in [-0.39, 0.29) is 17.7 Å².